The molecule has 0 aromatic heterocycles. The highest BCUT2D eigenvalue weighted by Gasteiger charge is 2.18. The van der Waals surface area contributed by atoms with E-state index in [-0.39, 0.29) is 36.2 Å². The highest BCUT2D eigenvalue weighted by Crippen LogP contribution is 2.08. The third-order valence-corrected chi connectivity index (χ3v) is 1.65. The fourth-order valence-electron chi connectivity index (χ4n) is 1.06. The maximum absolute atomic E-state index is 10.3. The molecule has 0 aromatic carbocycles. The van der Waals surface area contributed by atoms with E-state index in [0.29, 0.717) is 6.54 Å². The van der Waals surface area contributed by atoms with Gasteiger partial charge in [0.05, 0.1) is 5.92 Å². The van der Waals surface area contributed by atoms with Gasteiger partial charge in [-0.1, -0.05) is 0 Å². The summed E-state index contributed by atoms with van der Waals surface area (Å²) in [7, 11) is 0. The summed E-state index contributed by atoms with van der Waals surface area (Å²) in [5.74, 6) is -0.805. The van der Waals surface area contributed by atoms with Gasteiger partial charge in [0.2, 0.25) is 0 Å². The Kier molecular flexibility index (Phi) is 13.5. The quantitative estimate of drug-likeness (QED) is 0.657. The Morgan fingerprint density at radius 2 is 2.00 bits per heavy atom. The van der Waals surface area contributed by atoms with Crippen LogP contribution in [-0.2, 0) is 4.79 Å². The molecule has 6 heteroatoms. The lowest BCUT2D eigenvalue weighted by molar-refractivity contribution is -0.142. The molecule has 0 spiro atoms. The van der Waals surface area contributed by atoms with E-state index >= 15 is 0 Å². The van der Waals surface area contributed by atoms with Crippen molar-refractivity contribution in [2.75, 3.05) is 13.1 Å². The molecule has 0 aromatic rings. The second-order valence-corrected chi connectivity index (χ2v) is 2.38. The maximum atomic E-state index is 10.3. The summed E-state index contributed by atoms with van der Waals surface area (Å²) in [6.45, 7) is 1.62. The van der Waals surface area contributed by atoms with Crippen molar-refractivity contribution in [3.05, 3.63) is 0 Å². The number of hydrogen-bond donors (Lipinski definition) is 2. The standard InChI is InChI=1S/C6H11NO2.2ClH.H2O/c8-6(9)5-2-1-3-7-4-5;;;/h5,7H,1-4H2,(H,8,9);2*1H;1H2. The van der Waals surface area contributed by atoms with Gasteiger partial charge in [-0.25, -0.2) is 0 Å². The van der Waals surface area contributed by atoms with Crippen LogP contribution in [0.2, 0.25) is 0 Å². The average molecular weight is 220 g/mol. The minimum atomic E-state index is -0.665. The number of nitrogens with one attached hydrogen (secondary N) is 1. The van der Waals surface area contributed by atoms with Crippen molar-refractivity contribution in [3.8, 4) is 0 Å². The zero-order valence-electron chi connectivity index (χ0n) is 6.58. The van der Waals surface area contributed by atoms with Crippen LogP contribution < -0.4 is 5.32 Å². The van der Waals surface area contributed by atoms with E-state index in [2.05, 4.69) is 5.32 Å². The molecule has 4 N–H and O–H groups in total. The van der Waals surface area contributed by atoms with Crippen LogP contribution in [-0.4, -0.2) is 29.6 Å². The van der Waals surface area contributed by atoms with Gasteiger partial charge in [0, 0.05) is 6.54 Å². The van der Waals surface area contributed by atoms with Crippen molar-refractivity contribution in [2.45, 2.75) is 12.8 Å². The first-order chi connectivity index (χ1) is 4.30. The molecule has 1 heterocycles. The zero-order valence-corrected chi connectivity index (χ0v) is 8.21. The second kappa shape index (κ2) is 9.06. The number of piperidine rings is 1. The van der Waals surface area contributed by atoms with Gasteiger partial charge in [-0.15, -0.1) is 24.8 Å². The molecule has 0 aliphatic carbocycles. The molecule has 0 amide bonds. The Hall–Kier alpha value is -0.0300. The minimum Gasteiger partial charge on any atom is -0.481 e. The third kappa shape index (κ3) is 5.60. The van der Waals surface area contributed by atoms with Crippen LogP contribution in [0.3, 0.4) is 0 Å². The van der Waals surface area contributed by atoms with E-state index in [1.54, 1.807) is 0 Å². The summed E-state index contributed by atoms with van der Waals surface area (Å²) in [5.41, 5.74) is 0. The summed E-state index contributed by atoms with van der Waals surface area (Å²) in [5, 5.41) is 11.5. The van der Waals surface area contributed by atoms with Crippen molar-refractivity contribution in [3.63, 3.8) is 0 Å². The van der Waals surface area contributed by atoms with E-state index in [0.717, 1.165) is 19.4 Å². The lowest BCUT2D eigenvalue weighted by Crippen LogP contribution is -2.34. The van der Waals surface area contributed by atoms with Crippen LogP contribution in [0.1, 0.15) is 12.8 Å². The summed E-state index contributed by atoms with van der Waals surface area (Å²) in [6.07, 6.45) is 1.83. The maximum Gasteiger partial charge on any atom is 0.307 e. The Bertz CT molecular complexity index is 117. The molecular weight excluding hydrogens is 205 g/mol. The van der Waals surface area contributed by atoms with Gasteiger partial charge in [0.15, 0.2) is 0 Å². The van der Waals surface area contributed by atoms with Gasteiger partial charge in [-0.3, -0.25) is 4.79 Å². The van der Waals surface area contributed by atoms with Gasteiger partial charge in [0.1, 0.15) is 0 Å². The second-order valence-electron chi connectivity index (χ2n) is 2.38. The molecule has 0 saturated carbocycles. The normalized spacial score (nSPS) is 20.8. The third-order valence-electron chi connectivity index (χ3n) is 1.65. The Labute approximate surface area is 83.9 Å². The molecule has 4 nitrogen and oxygen atoms in total. The number of hydrogen-bond acceptors (Lipinski definition) is 2. The number of carboxylic acids is 1. The molecule has 1 aliphatic heterocycles. The summed E-state index contributed by atoms with van der Waals surface area (Å²) >= 11 is 0. The Morgan fingerprint density at radius 3 is 2.25 bits per heavy atom. The van der Waals surface area contributed by atoms with Crippen molar-refractivity contribution in [2.24, 2.45) is 5.92 Å². The lowest BCUT2D eigenvalue weighted by Gasteiger charge is -2.18. The SMILES string of the molecule is Cl.Cl.O.O=C(O)C1CCCNC1. The van der Waals surface area contributed by atoms with Crippen LogP contribution in [0.4, 0.5) is 0 Å². The molecule has 0 radical (unpaired) electrons. The van der Waals surface area contributed by atoms with Crippen LogP contribution in [0.5, 0.6) is 0 Å². The smallest absolute Gasteiger partial charge is 0.307 e. The van der Waals surface area contributed by atoms with Crippen molar-refractivity contribution in [1.29, 1.82) is 0 Å². The molecular formula is C6H15Cl2NO3. The van der Waals surface area contributed by atoms with Crippen molar-refractivity contribution < 1.29 is 15.4 Å². The molecule has 76 valence electrons. The highest BCUT2D eigenvalue weighted by atomic mass is 35.5. The van der Waals surface area contributed by atoms with E-state index < -0.39 is 5.97 Å². The van der Waals surface area contributed by atoms with Crippen molar-refractivity contribution in [1.82, 2.24) is 5.32 Å². The summed E-state index contributed by atoms with van der Waals surface area (Å²) in [6, 6.07) is 0. The number of aliphatic carboxylic acids is 1. The van der Waals surface area contributed by atoms with Crippen LogP contribution >= 0.6 is 24.8 Å². The number of carbonyl (C=O) groups is 1. The zero-order chi connectivity index (χ0) is 6.69. The first-order valence-corrected chi connectivity index (χ1v) is 3.24. The van der Waals surface area contributed by atoms with E-state index in [9.17, 15) is 4.79 Å². The predicted molar refractivity (Wildman–Crippen MR) is 51.3 cm³/mol. The molecule has 1 aliphatic rings. The molecule has 1 saturated heterocycles. The largest absolute Gasteiger partial charge is 0.481 e. The molecule has 1 atom stereocenters. The number of rotatable bonds is 1. The van der Waals surface area contributed by atoms with Gasteiger partial charge >= 0.3 is 5.97 Å². The number of carboxylic acid groups (broad SMARTS) is 1. The van der Waals surface area contributed by atoms with Gasteiger partial charge in [-0.2, -0.15) is 0 Å². The fraction of sp³-hybridized carbons (Fsp3) is 0.833. The monoisotopic (exact) mass is 219 g/mol. The first-order valence-electron chi connectivity index (χ1n) is 3.24. The van der Waals surface area contributed by atoms with Crippen LogP contribution in [0.25, 0.3) is 0 Å². The van der Waals surface area contributed by atoms with Gasteiger partial charge < -0.3 is 15.9 Å². The van der Waals surface area contributed by atoms with Gasteiger partial charge in [0.25, 0.3) is 0 Å². The Morgan fingerprint density at radius 1 is 1.42 bits per heavy atom. The van der Waals surface area contributed by atoms with E-state index in [1.807, 2.05) is 0 Å². The molecule has 12 heavy (non-hydrogen) atoms. The highest BCUT2D eigenvalue weighted by molar-refractivity contribution is 5.85. The van der Waals surface area contributed by atoms with Crippen LogP contribution in [0.15, 0.2) is 0 Å². The van der Waals surface area contributed by atoms with Gasteiger partial charge in [-0.05, 0) is 19.4 Å². The average Bonchev–Trinajstić information content (AvgIpc) is 1.90. The topological polar surface area (TPSA) is 80.8 Å². The summed E-state index contributed by atoms with van der Waals surface area (Å²) in [4.78, 5) is 10.3. The number of halogens is 2. The summed E-state index contributed by atoms with van der Waals surface area (Å²) < 4.78 is 0. The predicted octanol–water partition coefficient (Wildman–Crippen LogP) is 0.0895. The minimum absolute atomic E-state index is 0. The Balaban J connectivity index is -0.000000270. The lowest BCUT2D eigenvalue weighted by atomic mass is 10.0. The molecule has 1 rings (SSSR count). The van der Waals surface area contributed by atoms with Crippen molar-refractivity contribution >= 4 is 30.8 Å². The molecule has 1 unspecified atom stereocenters. The molecule has 0 bridgehead atoms. The first kappa shape index (κ1) is 17.9. The van der Waals surface area contributed by atoms with E-state index in [1.165, 1.54) is 0 Å². The van der Waals surface area contributed by atoms with E-state index in [4.69, 9.17) is 5.11 Å². The molecule has 1 fully saturated rings. The fourth-order valence-corrected chi connectivity index (χ4v) is 1.06. The van der Waals surface area contributed by atoms with Crippen LogP contribution in [0, 0.1) is 5.92 Å².